The van der Waals surface area contributed by atoms with Crippen LogP contribution in [0.1, 0.15) is 59.9 Å². The molecule has 2 aromatic carbocycles. The third kappa shape index (κ3) is 5.90. The van der Waals surface area contributed by atoms with Gasteiger partial charge < -0.3 is 10.1 Å². The van der Waals surface area contributed by atoms with Gasteiger partial charge in [0.15, 0.2) is 0 Å². The first-order chi connectivity index (χ1) is 16.5. The molecule has 1 N–H and O–H groups in total. The zero-order valence-corrected chi connectivity index (χ0v) is 20.9. The number of aromatic nitrogens is 1. The van der Waals surface area contributed by atoms with Gasteiger partial charge in [0.1, 0.15) is 5.01 Å². The van der Waals surface area contributed by atoms with Crippen LogP contribution in [-0.4, -0.2) is 24.0 Å². The molecule has 0 radical (unpaired) electrons. The number of rotatable bonds is 7. The highest BCUT2D eigenvalue weighted by Gasteiger charge is 2.30. The minimum atomic E-state index is -4.40. The van der Waals surface area contributed by atoms with E-state index in [4.69, 9.17) is 4.74 Å². The topological polar surface area (TPSA) is 68.3 Å². The monoisotopic (exact) mass is 504 g/mol. The summed E-state index contributed by atoms with van der Waals surface area (Å²) in [5.41, 5.74) is 2.72. The second-order valence-electron chi connectivity index (χ2n) is 8.28. The second-order valence-corrected chi connectivity index (χ2v) is 9.37. The summed E-state index contributed by atoms with van der Waals surface area (Å²) in [4.78, 5) is 30.4. The summed E-state index contributed by atoms with van der Waals surface area (Å²) >= 11 is 1.37. The van der Waals surface area contributed by atoms with Crippen molar-refractivity contribution in [3.05, 3.63) is 69.7 Å². The lowest BCUT2D eigenvalue weighted by Crippen LogP contribution is -2.20. The largest absolute Gasteiger partial charge is 0.469 e. The van der Waals surface area contributed by atoms with E-state index < -0.39 is 23.6 Å². The van der Waals surface area contributed by atoms with Crippen LogP contribution in [0, 0.1) is 6.92 Å². The average Bonchev–Trinajstić information content (AvgIpc) is 3.26. The van der Waals surface area contributed by atoms with Gasteiger partial charge in [-0.15, -0.1) is 11.3 Å². The maximum atomic E-state index is 13.0. The summed E-state index contributed by atoms with van der Waals surface area (Å²) in [6.07, 6.45) is -3.76. The van der Waals surface area contributed by atoms with Gasteiger partial charge in [-0.05, 0) is 62.6 Å². The molecule has 0 aliphatic heterocycles. The van der Waals surface area contributed by atoms with Crippen LogP contribution < -0.4 is 5.32 Å². The maximum Gasteiger partial charge on any atom is 0.416 e. The zero-order chi connectivity index (χ0) is 25.9. The first-order valence-corrected chi connectivity index (χ1v) is 11.9. The normalized spacial score (nSPS) is 13.3. The number of carbonyl (C=O) groups excluding carboxylic acids is 2. The summed E-state index contributed by atoms with van der Waals surface area (Å²) in [5.74, 6) is -1.58. The predicted molar refractivity (Wildman–Crippen MR) is 131 cm³/mol. The molecule has 3 rings (SSSR count). The smallest absolute Gasteiger partial charge is 0.416 e. The van der Waals surface area contributed by atoms with Gasteiger partial charge in [-0.1, -0.05) is 25.1 Å². The first-order valence-electron chi connectivity index (χ1n) is 11.1. The molecule has 35 heavy (non-hydrogen) atoms. The Bertz CT molecular complexity index is 1220. The lowest BCUT2D eigenvalue weighted by atomic mass is 9.96. The minimum absolute atomic E-state index is 0.253. The summed E-state index contributed by atoms with van der Waals surface area (Å²) in [6.45, 7) is 7.32. The van der Waals surface area contributed by atoms with E-state index in [1.54, 1.807) is 32.0 Å². The van der Waals surface area contributed by atoms with Gasteiger partial charge in [-0.3, -0.25) is 9.59 Å². The van der Waals surface area contributed by atoms with E-state index >= 15 is 0 Å². The van der Waals surface area contributed by atoms with Crippen molar-refractivity contribution >= 4 is 28.9 Å². The predicted octanol–water partition coefficient (Wildman–Crippen LogP) is 6.72. The van der Waals surface area contributed by atoms with E-state index in [0.29, 0.717) is 28.4 Å². The molecule has 1 heterocycles. The Kier molecular flexibility index (Phi) is 8.00. The summed E-state index contributed by atoms with van der Waals surface area (Å²) in [5, 5.41) is 3.47. The molecule has 1 aromatic heterocycles. The van der Waals surface area contributed by atoms with Crippen LogP contribution in [0.4, 0.5) is 18.9 Å². The molecule has 1 amide bonds. The first kappa shape index (κ1) is 26.4. The van der Waals surface area contributed by atoms with E-state index in [2.05, 4.69) is 10.3 Å². The number of anilines is 1. The van der Waals surface area contributed by atoms with Crippen LogP contribution in [0.15, 0.2) is 42.5 Å². The quantitative estimate of drug-likeness (QED) is 0.363. The highest BCUT2D eigenvalue weighted by Crippen LogP contribution is 2.35. The average molecular weight is 505 g/mol. The Morgan fingerprint density at radius 1 is 1.09 bits per heavy atom. The number of aryl methyl sites for hydroxylation is 2. The van der Waals surface area contributed by atoms with Crippen LogP contribution in [0.25, 0.3) is 10.6 Å². The maximum absolute atomic E-state index is 13.0. The number of carbonyl (C=O) groups is 2. The van der Waals surface area contributed by atoms with Crippen molar-refractivity contribution in [2.75, 3.05) is 12.4 Å². The number of alkyl halides is 3. The third-order valence-electron chi connectivity index (χ3n) is 5.87. The fourth-order valence-electron chi connectivity index (χ4n) is 3.80. The molecule has 0 aliphatic rings. The highest BCUT2D eigenvalue weighted by molar-refractivity contribution is 7.15. The Morgan fingerprint density at radius 2 is 1.74 bits per heavy atom. The molecule has 3 aromatic rings. The Balaban J connectivity index is 1.80. The van der Waals surface area contributed by atoms with E-state index in [9.17, 15) is 22.8 Å². The zero-order valence-electron chi connectivity index (χ0n) is 20.1. The highest BCUT2D eigenvalue weighted by atomic mass is 32.1. The van der Waals surface area contributed by atoms with Crippen molar-refractivity contribution in [1.82, 2.24) is 4.98 Å². The summed E-state index contributed by atoms with van der Waals surface area (Å²) < 4.78 is 43.4. The Labute approximate surface area is 206 Å². The van der Waals surface area contributed by atoms with Crippen molar-refractivity contribution in [1.29, 1.82) is 0 Å². The third-order valence-corrected chi connectivity index (χ3v) is 7.13. The molecule has 0 saturated heterocycles. The van der Waals surface area contributed by atoms with Crippen molar-refractivity contribution < 1.29 is 27.5 Å². The van der Waals surface area contributed by atoms with Crippen LogP contribution in [-0.2, 0) is 26.9 Å². The number of methoxy groups -OCH3 is 1. The van der Waals surface area contributed by atoms with E-state index in [1.165, 1.54) is 30.6 Å². The van der Waals surface area contributed by atoms with Crippen molar-refractivity contribution in [2.24, 2.45) is 0 Å². The molecular formula is C26H27F3N2O3S. The number of hydrogen-bond acceptors (Lipinski definition) is 5. The van der Waals surface area contributed by atoms with Gasteiger partial charge >= 0.3 is 12.1 Å². The number of nitrogens with zero attached hydrogens (tertiary/aromatic N) is 1. The van der Waals surface area contributed by atoms with Gasteiger partial charge in [-0.25, -0.2) is 4.98 Å². The molecule has 0 aliphatic carbocycles. The summed E-state index contributed by atoms with van der Waals surface area (Å²) in [7, 11) is 1.34. The second kappa shape index (κ2) is 10.6. The van der Waals surface area contributed by atoms with Crippen LogP contribution in [0.2, 0.25) is 0 Å². The number of nitrogens with one attached hydrogen (secondary N) is 1. The Hall–Kier alpha value is -3.20. The molecule has 0 bridgehead atoms. The molecule has 0 saturated carbocycles. The lowest BCUT2D eigenvalue weighted by Gasteiger charge is -2.16. The van der Waals surface area contributed by atoms with Gasteiger partial charge in [-0.2, -0.15) is 13.2 Å². The van der Waals surface area contributed by atoms with Gasteiger partial charge in [0.25, 0.3) is 0 Å². The van der Waals surface area contributed by atoms with Gasteiger partial charge in [0, 0.05) is 16.1 Å². The van der Waals surface area contributed by atoms with Crippen LogP contribution in [0.3, 0.4) is 0 Å². The van der Waals surface area contributed by atoms with Crippen molar-refractivity contribution in [3.8, 4) is 10.6 Å². The molecule has 9 heteroatoms. The standard InChI is InChI=1S/C26H27F3N2O3S/c1-6-21-22(31-24(35-21)17-7-9-18(10-8-17)26(27,28)29)16(4)23(32)30-19-11-12-20(14(2)13-19)15(3)25(33)34-5/h7-13,15-16H,6H2,1-5H3,(H,30,32). The number of halogens is 3. The van der Waals surface area contributed by atoms with Crippen LogP contribution in [0.5, 0.6) is 0 Å². The molecule has 2 unspecified atom stereocenters. The Morgan fingerprint density at radius 3 is 2.29 bits per heavy atom. The van der Waals surface area contributed by atoms with Crippen LogP contribution >= 0.6 is 11.3 Å². The molecular weight excluding hydrogens is 477 g/mol. The van der Waals surface area contributed by atoms with E-state index in [0.717, 1.165) is 28.1 Å². The van der Waals surface area contributed by atoms with Crippen molar-refractivity contribution in [3.63, 3.8) is 0 Å². The molecule has 2 atom stereocenters. The number of hydrogen-bond donors (Lipinski definition) is 1. The lowest BCUT2D eigenvalue weighted by molar-refractivity contribution is -0.142. The molecule has 0 fully saturated rings. The van der Waals surface area contributed by atoms with E-state index in [-0.39, 0.29) is 11.9 Å². The fraction of sp³-hybridized carbons (Fsp3) is 0.346. The molecule has 186 valence electrons. The fourth-order valence-corrected chi connectivity index (χ4v) is 4.90. The number of ether oxygens (including phenoxy) is 1. The summed E-state index contributed by atoms with van der Waals surface area (Å²) in [6, 6.07) is 10.2. The van der Waals surface area contributed by atoms with Gasteiger partial charge in [0.2, 0.25) is 5.91 Å². The van der Waals surface area contributed by atoms with E-state index in [1.807, 2.05) is 13.8 Å². The van der Waals surface area contributed by atoms with Crippen molar-refractivity contribution in [2.45, 2.75) is 52.1 Å². The number of benzene rings is 2. The number of amides is 1. The van der Waals surface area contributed by atoms with Gasteiger partial charge in [0.05, 0.1) is 30.2 Å². The molecule has 5 nitrogen and oxygen atoms in total. The SMILES string of the molecule is CCc1sc(-c2ccc(C(F)(F)F)cc2)nc1C(C)C(=O)Nc1ccc(C(C)C(=O)OC)c(C)c1. The minimum Gasteiger partial charge on any atom is -0.469 e. The number of esters is 1. The number of thiazole rings is 1. The molecule has 0 spiro atoms.